The van der Waals surface area contributed by atoms with Crippen LogP contribution in [0.15, 0.2) is 48.8 Å². The van der Waals surface area contributed by atoms with Crippen LogP contribution in [0.4, 0.5) is 10.1 Å². The van der Waals surface area contributed by atoms with E-state index in [4.69, 9.17) is 15.7 Å². The number of fused-ring (bicyclic) bond motifs is 1. The number of anilines is 1. The normalized spacial score (nSPS) is 10.3. The van der Waals surface area contributed by atoms with E-state index in [0.29, 0.717) is 11.4 Å². The minimum absolute atomic E-state index is 0.0223. The third-order valence-electron chi connectivity index (χ3n) is 3.10. The molecule has 0 unspecified atom stereocenters. The Morgan fingerprint density at radius 1 is 1.14 bits per heavy atom. The molecule has 3 aromatic rings. The molecule has 2 aromatic carbocycles. The van der Waals surface area contributed by atoms with Crippen LogP contribution in [-0.2, 0) is 0 Å². The van der Waals surface area contributed by atoms with Crippen LogP contribution in [0.1, 0.15) is 5.56 Å². The highest BCUT2D eigenvalue weighted by molar-refractivity contribution is 5.95. The van der Waals surface area contributed by atoms with Crippen LogP contribution in [0.5, 0.6) is 11.5 Å². The molecule has 0 atom stereocenters. The zero-order chi connectivity index (χ0) is 14.8. The Bertz CT molecular complexity index is 871. The molecule has 102 valence electrons. The summed E-state index contributed by atoms with van der Waals surface area (Å²) in [7, 11) is 0. The maximum atomic E-state index is 13.8. The van der Waals surface area contributed by atoms with Crippen LogP contribution in [0, 0.1) is 17.1 Å². The van der Waals surface area contributed by atoms with E-state index < -0.39 is 5.82 Å². The van der Waals surface area contributed by atoms with E-state index in [0.717, 1.165) is 16.8 Å². The molecular formula is C16H10FN3O. The van der Waals surface area contributed by atoms with Gasteiger partial charge in [-0.2, -0.15) is 5.26 Å². The zero-order valence-electron chi connectivity index (χ0n) is 10.9. The van der Waals surface area contributed by atoms with Gasteiger partial charge in [-0.15, -0.1) is 0 Å². The highest BCUT2D eigenvalue weighted by Crippen LogP contribution is 2.34. The summed E-state index contributed by atoms with van der Waals surface area (Å²) in [5, 5.41) is 10.4. The minimum Gasteiger partial charge on any atom is -0.452 e. The van der Waals surface area contributed by atoms with Crippen molar-refractivity contribution in [3.05, 3.63) is 60.2 Å². The first-order valence-corrected chi connectivity index (χ1v) is 6.19. The van der Waals surface area contributed by atoms with Gasteiger partial charge < -0.3 is 10.5 Å². The molecule has 21 heavy (non-hydrogen) atoms. The smallest absolute Gasteiger partial charge is 0.167 e. The van der Waals surface area contributed by atoms with Gasteiger partial charge in [-0.05, 0) is 36.4 Å². The topological polar surface area (TPSA) is 71.9 Å². The molecule has 0 aliphatic heterocycles. The molecule has 1 heterocycles. The van der Waals surface area contributed by atoms with E-state index in [1.807, 2.05) is 6.07 Å². The van der Waals surface area contributed by atoms with Crippen molar-refractivity contribution >= 4 is 16.5 Å². The van der Waals surface area contributed by atoms with Crippen molar-refractivity contribution in [1.82, 2.24) is 4.98 Å². The number of hydrogen-bond donors (Lipinski definition) is 1. The van der Waals surface area contributed by atoms with Crippen molar-refractivity contribution in [3.63, 3.8) is 0 Å². The van der Waals surface area contributed by atoms with Gasteiger partial charge in [0.2, 0.25) is 0 Å². The monoisotopic (exact) mass is 279 g/mol. The molecule has 0 radical (unpaired) electrons. The van der Waals surface area contributed by atoms with Crippen LogP contribution in [0.25, 0.3) is 10.8 Å². The van der Waals surface area contributed by atoms with Crippen LogP contribution < -0.4 is 10.5 Å². The Labute approximate surface area is 120 Å². The number of benzene rings is 2. The van der Waals surface area contributed by atoms with Gasteiger partial charge >= 0.3 is 0 Å². The van der Waals surface area contributed by atoms with E-state index in [-0.39, 0.29) is 11.3 Å². The van der Waals surface area contributed by atoms with Gasteiger partial charge in [-0.1, -0.05) is 0 Å². The molecule has 0 spiro atoms. The van der Waals surface area contributed by atoms with E-state index in [2.05, 4.69) is 4.98 Å². The van der Waals surface area contributed by atoms with Gasteiger partial charge in [-0.25, -0.2) is 4.39 Å². The fraction of sp³-hybridized carbons (Fsp3) is 0. The van der Waals surface area contributed by atoms with Crippen molar-refractivity contribution in [3.8, 4) is 17.6 Å². The van der Waals surface area contributed by atoms with Crippen LogP contribution >= 0.6 is 0 Å². The third kappa shape index (κ3) is 2.35. The van der Waals surface area contributed by atoms with Crippen molar-refractivity contribution in [2.75, 3.05) is 5.73 Å². The van der Waals surface area contributed by atoms with Gasteiger partial charge in [0.1, 0.15) is 0 Å². The molecule has 0 aliphatic carbocycles. The zero-order valence-corrected chi connectivity index (χ0v) is 10.9. The Morgan fingerprint density at radius 3 is 2.71 bits per heavy atom. The number of rotatable bonds is 2. The molecule has 4 nitrogen and oxygen atoms in total. The molecule has 0 amide bonds. The van der Waals surface area contributed by atoms with E-state index in [1.54, 1.807) is 30.6 Å². The molecule has 3 rings (SSSR count). The fourth-order valence-electron chi connectivity index (χ4n) is 2.03. The van der Waals surface area contributed by atoms with E-state index in [1.165, 1.54) is 12.1 Å². The summed E-state index contributed by atoms with van der Waals surface area (Å²) >= 11 is 0. The lowest BCUT2D eigenvalue weighted by Crippen LogP contribution is -1.95. The van der Waals surface area contributed by atoms with Crippen molar-refractivity contribution in [1.29, 1.82) is 5.26 Å². The van der Waals surface area contributed by atoms with Crippen molar-refractivity contribution in [2.45, 2.75) is 0 Å². The number of ether oxygens (including phenoxy) is 1. The number of nitrogen functional groups attached to an aromatic ring is 1. The lowest BCUT2D eigenvalue weighted by molar-refractivity contribution is 0.444. The summed E-state index contributed by atoms with van der Waals surface area (Å²) < 4.78 is 19.4. The second kappa shape index (κ2) is 5.10. The molecule has 0 fully saturated rings. The highest BCUT2D eigenvalue weighted by Gasteiger charge is 2.10. The van der Waals surface area contributed by atoms with Gasteiger partial charge in [-0.3, -0.25) is 4.98 Å². The van der Waals surface area contributed by atoms with E-state index >= 15 is 0 Å². The average Bonchev–Trinajstić information content (AvgIpc) is 2.52. The summed E-state index contributed by atoms with van der Waals surface area (Å²) in [4.78, 5) is 4.01. The van der Waals surface area contributed by atoms with Crippen LogP contribution in [0.3, 0.4) is 0 Å². The number of nitrogens with two attached hydrogens (primary N) is 1. The minimum atomic E-state index is -0.608. The molecule has 1 aromatic heterocycles. The maximum absolute atomic E-state index is 13.8. The number of halogens is 1. The van der Waals surface area contributed by atoms with Crippen molar-refractivity contribution < 1.29 is 9.13 Å². The lowest BCUT2D eigenvalue weighted by atomic mass is 10.1. The average molecular weight is 279 g/mol. The Kier molecular flexibility index (Phi) is 3.13. The summed E-state index contributed by atoms with van der Waals surface area (Å²) in [6.07, 6.45) is 3.32. The van der Waals surface area contributed by atoms with Gasteiger partial charge in [0.05, 0.1) is 17.3 Å². The van der Waals surface area contributed by atoms with Crippen LogP contribution in [0.2, 0.25) is 0 Å². The number of aromatic nitrogens is 1. The highest BCUT2D eigenvalue weighted by atomic mass is 19.1. The quantitative estimate of drug-likeness (QED) is 0.727. The SMILES string of the molecule is N#Cc1ccc(Oc2ccc3cnccc3c2N)c(F)c1. The van der Waals surface area contributed by atoms with Crippen molar-refractivity contribution in [2.24, 2.45) is 0 Å². The number of nitrogens with zero attached hydrogens (tertiary/aromatic N) is 2. The molecule has 0 aliphatic rings. The third-order valence-corrected chi connectivity index (χ3v) is 3.10. The fourth-order valence-corrected chi connectivity index (χ4v) is 2.03. The standard InChI is InChI=1S/C16H10FN3O/c17-13-7-10(8-18)1-3-14(13)21-15-4-2-11-9-20-6-5-12(11)16(15)19/h1-7,9H,19H2. The Hall–Kier alpha value is -3.13. The maximum Gasteiger partial charge on any atom is 0.167 e. The Morgan fingerprint density at radius 2 is 1.95 bits per heavy atom. The number of hydrogen-bond acceptors (Lipinski definition) is 4. The summed E-state index contributed by atoms with van der Waals surface area (Å²) in [6.45, 7) is 0. The van der Waals surface area contributed by atoms with Gasteiger partial charge in [0.15, 0.2) is 17.3 Å². The lowest BCUT2D eigenvalue weighted by Gasteiger charge is -2.11. The second-order valence-electron chi connectivity index (χ2n) is 4.43. The first-order valence-electron chi connectivity index (χ1n) is 6.19. The first-order chi connectivity index (χ1) is 10.2. The predicted molar refractivity (Wildman–Crippen MR) is 77.3 cm³/mol. The number of nitriles is 1. The predicted octanol–water partition coefficient (Wildman–Crippen LogP) is 3.62. The molecule has 2 N–H and O–H groups in total. The molecule has 0 saturated carbocycles. The summed E-state index contributed by atoms with van der Waals surface area (Å²) in [5.74, 6) is -0.227. The molecule has 0 saturated heterocycles. The molecule has 0 bridgehead atoms. The largest absolute Gasteiger partial charge is 0.452 e. The van der Waals surface area contributed by atoms with Crippen LogP contribution in [-0.4, -0.2) is 4.98 Å². The molecular weight excluding hydrogens is 269 g/mol. The molecule has 5 heteroatoms. The Balaban J connectivity index is 2.02. The first kappa shape index (κ1) is 12.9. The second-order valence-corrected chi connectivity index (χ2v) is 4.43. The van der Waals surface area contributed by atoms with Gasteiger partial charge in [0, 0.05) is 23.2 Å². The summed E-state index contributed by atoms with van der Waals surface area (Å²) in [5.41, 5.74) is 6.69. The number of pyridine rings is 1. The summed E-state index contributed by atoms with van der Waals surface area (Å²) in [6, 6.07) is 11.1. The van der Waals surface area contributed by atoms with Gasteiger partial charge in [0.25, 0.3) is 0 Å². The van der Waals surface area contributed by atoms with E-state index in [9.17, 15) is 4.39 Å².